The Kier molecular flexibility index (Phi) is 9.58. The molecule has 0 saturated carbocycles. The van der Waals surface area contributed by atoms with Crippen molar-refractivity contribution in [1.82, 2.24) is 10.3 Å². The van der Waals surface area contributed by atoms with E-state index < -0.39 is 5.54 Å². The first-order chi connectivity index (χ1) is 10.3. The van der Waals surface area contributed by atoms with Crippen LogP contribution in [0.2, 0.25) is 0 Å². The zero-order valence-corrected chi connectivity index (χ0v) is 16.8. The molecule has 0 unspecified atom stereocenters. The van der Waals surface area contributed by atoms with Gasteiger partial charge in [-0.25, -0.2) is 4.98 Å². The van der Waals surface area contributed by atoms with Gasteiger partial charge in [0.25, 0.3) is 0 Å². The predicted octanol–water partition coefficient (Wildman–Crippen LogP) is 3.73. The zero-order valence-electron chi connectivity index (χ0n) is 13.5. The third-order valence-corrected chi connectivity index (χ3v) is 3.69. The molecule has 1 heterocycles. The maximum atomic E-state index is 11.8. The molecule has 1 amide bonds. The number of oxazole rings is 1. The van der Waals surface area contributed by atoms with Crippen LogP contribution in [0.15, 0.2) is 39.4 Å². The number of hydrogen-bond acceptors (Lipinski definition) is 4. The summed E-state index contributed by atoms with van der Waals surface area (Å²) in [5.41, 5.74) is 6.35. The SMILES string of the molecule is CC(C)(N)CNC(=O)CCc1ncc(-c2ccccc2Br)o1.Cl.Cl. The number of aromatic nitrogens is 1. The third kappa shape index (κ3) is 7.21. The molecular formula is C16H22BrCl2N3O2. The van der Waals surface area contributed by atoms with Crippen molar-refractivity contribution in [3.8, 4) is 11.3 Å². The van der Waals surface area contributed by atoms with E-state index in [-0.39, 0.29) is 30.7 Å². The lowest BCUT2D eigenvalue weighted by Crippen LogP contribution is -2.45. The quantitative estimate of drug-likeness (QED) is 0.719. The largest absolute Gasteiger partial charge is 0.441 e. The highest BCUT2D eigenvalue weighted by Gasteiger charge is 2.14. The Balaban J connectivity index is 0.00000264. The molecule has 2 rings (SSSR count). The summed E-state index contributed by atoms with van der Waals surface area (Å²) in [6, 6.07) is 7.77. The summed E-state index contributed by atoms with van der Waals surface area (Å²) in [6.07, 6.45) is 2.46. The van der Waals surface area contributed by atoms with Crippen molar-refractivity contribution in [2.75, 3.05) is 6.54 Å². The molecule has 3 N–H and O–H groups in total. The highest BCUT2D eigenvalue weighted by molar-refractivity contribution is 9.10. The maximum absolute atomic E-state index is 11.8. The molecule has 0 aliphatic rings. The second kappa shape index (κ2) is 10.0. The van der Waals surface area contributed by atoms with Gasteiger partial charge in [-0.15, -0.1) is 24.8 Å². The van der Waals surface area contributed by atoms with E-state index in [9.17, 15) is 4.79 Å². The molecule has 134 valence electrons. The number of aryl methyl sites for hydroxylation is 1. The summed E-state index contributed by atoms with van der Waals surface area (Å²) in [5.74, 6) is 1.18. The normalized spacial score (nSPS) is 10.5. The molecule has 8 heteroatoms. The van der Waals surface area contributed by atoms with Crippen molar-refractivity contribution in [2.24, 2.45) is 5.73 Å². The van der Waals surface area contributed by atoms with Crippen molar-refractivity contribution in [3.63, 3.8) is 0 Å². The van der Waals surface area contributed by atoms with Gasteiger partial charge >= 0.3 is 0 Å². The van der Waals surface area contributed by atoms with Crippen LogP contribution in [0.5, 0.6) is 0 Å². The van der Waals surface area contributed by atoms with E-state index in [2.05, 4.69) is 26.2 Å². The molecule has 24 heavy (non-hydrogen) atoms. The van der Waals surface area contributed by atoms with Crippen LogP contribution < -0.4 is 11.1 Å². The fourth-order valence-corrected chi connectivity index (χ4v) is 2.33. The van der Waals surface area contributed by atoms with Gasteiger partial charge in [-0.3, -0.25) is 4.79 Å². The second-order valence-electron chi connectivity index (χ2n) is 5.86. The molecule has 0 aliphatic heterocycles. The maximum Gasteiger partial charge on any atom is 0.220 e. The Hall–Kier alpha value is -1.08. The van der Waals surface area contributed by atoms with Crippen LogP contribution in [-0.2, 0) is 11.2 Å². The smallest absolute Gasteiger partial charge is 0.220 e. The molecule has 0 radical (unpaired) electrons. The predicted molar refractivity (Wildman–Crippen MR) is 104 cm³/mol. The molecule has 0 atom stereocenters. The molecule has 2 aromatic rings. The first-order valence-electron chi connectivity index (χ1n) is 7.10. The van der Waals surface area contributed by atoms with Gasteiger partial charge in [0.1, 0.15) is 0 Å². The number of benzene rings is 1. The standard InChI is InChI=1S/C16H20BrN3O2.2ClH/c1-16(2,18)10-20-14(21)7-8-15-19-9-13(22-15)11-5-3-4-6-12(11)17;;/h3-6,9H,7-8,10,18H2,1-2H3,(H,20,21);2*1H. The van der Waals surface area contributed by atoms with Gasteiger partial charge in [0, 0.05) is 35.0 Å². The minimum Gasteiger partial charge on any atom is -0.441 e. The van der Waals surface area contributed by atoms with Crippen molar-refractivity contribution < 1.29 is 9.21 Å². The number of nitrogens with one attached hydrogen (secondary N) is 1. The first-order valence-corrected chi connectivity index (χ1v) is 7.90. The van der Waals surface area contributed by atoms with E-state index in [4.69, 9.17) is 10.2 Å². The van der Waals surface area contributed by atoms with Crippen molar-refractivity contribution >= 4 is 46.7 Å². The number of halogens is 3. The Morgan fingerprint density at radius 3 is 2.62 bits per heavy atom. The van der Waals surface area contributed by atoms with Gasteiger partial charge in [-0.1, -0.05) is 34.1 Å². The lowest BCUT2D eigenvalue weighted by Gasteiger charge is -2.18. The van der Waals surface area contributed by atoms with E-state index in [0.29, 0.717) is 31.0 Å². The molecule has 0 fully saturated rings. The van der Waals surface area contributed by atoms with Crippen LogP contribution in [0, 0.1) is 0 Å². The molecule has 0 bridgehead atoms. The number of nitrogens with two attached hydrogens (primary N) is 1. The minimum atomic E-state index is -0.411. The summed E-state index contributed by atoms with van der Waals surface area (Å²) >= 11 is 3.48. The molecule has 1 aromatic heterocycles. The van der Waals surface area contributed by atoms with Crippen molar-refractivity contribution in [1.29, 1.82) is 0 Å². The number of rotatable bonds is 6. The van der Waals surface area contributed by atoms with Gasteiger partial charge in [-0.2, -0.15) is 0 Å². The second-order valence-corrected chi connectivity index (χ2v) is 6.72. The van der Waals surface area contributed by atoms with Crippen LogP contribution in [0.3, 0.4) is 0 Å². The lowest BCUT2D eigenvalue weighted by atomic mass is 10.1. The van der Waals surface area contributed by atoms with Gasteiger partial charge < -0.3 is 15.5 Å². The first kappa shape index (κ1) is 22.9. The Bertz CT molecular complexity index is 657. The molecule has 0 aliphatic carbocycles. The Morgan fingerprint density at radius 1 is 1.33 bits per heavy atom. The Morgan fingerprint density at radius 2 is 2.00 bits per heavy atom. The molecule has 0 spiro atoms. The van der Waals surface area contributed by atoms with E-state index in [1.807, 2.05) is 38.1 Å². The highest BCUT2D eigenvalue weighted by Crippen LogP contribution is 2.28. The monoisotopic (exact) mass is 437 g/mol. The number of amides is 1. The van der Waals surface area contributed by atoms with E-state index >= 15 is 0 Å². The average Bonchev–Trinajstić information content (AvgIpc) is 2.91. The van der Waals surface area contributed by atoms with E-state index in [0.717, 1.165) is 10.0 Å². The zero-order chi connectivity index (χ0) is 16.2. The average molecular weight is 439 g/mol. The molecule has 0 saturated heterocycles. The van der Waals surface area contributed by atoms with Crippen molar-refractivity contribution in [2.45, 2.75) is 32.2 Å². The van der Waals surface area contributed by atoms with Crippen LogP contribution in [0.4, 0.5) is 0 Å². The minimum absolute atomic E-state index is 0. The number of carbonyl (C=O) groups is 1. The fraction of sp³-hybridized carbons (Fsp3) is 0.375. The van der Waals surface area contributed by atoms with Gasteiger partial charge in [0.05, 0.1) is 6.20 Å². The molecular weight excluding hydrogens is 417 g/mol. The summed E-state index contributed by atoms with van der Waals surface area (Å²) in [7, 11) is 0. The van der Waals surface area contributed by atoms with E-state index in [1.54, 1.807) is 6.20 Å². The number of nitrogens with zero attached hydrogens (tertiary/aromatic N) is 1. The molecule has 5 nitrogen and oxygen atoms in total. The van der Waals surface area contributed by atoms with Crippen LogP contribution >= 0.6 is 40.7 Å². The molecule has 1 aromatic carbocycles. The Labute approximate surface area is 162 Å². The van der Waals surface area contributed by atoms with Crippen LogP contribution in [0.25, 0.3) is 11.3 Å². The number of hydrogen-bond donors (Lipinski definition) is 2. The van der Waals surface area contributed by atoms with E-state index in [1.165, 1.54) is 0 Å². The summed E-state index contributed by atoms with van der Waals surface area (Å²) in [5, 5.41) is 2.80. The lowest BCUT2D eigenvalue weighted by molar-refractivity contribution is -0.121. The van der Waals surface area contributed by atoms with Crippen LogP contribution in [0.1, 0.15) is 26.2 Å². The van der Waals surface area contributed by atoms with Crippen LogP contribution in [-0.4, -0.2) is 23.0 Å². The summed E-state index contributed by atoms with van der Waals surface area (Å²) in [4.78, 5) is 16.0. The fourth-order valence-electron chi connectivity index (χ4n) is 1.85. The number of carbonyl (C=O) groups excluding carboxylic acids is 1. The third-order valence-electron chi connectivity index (χ3n) is 3.00. The topological polar surface area (TPSA) is 81.1 Å². The van der Waals surface area contributed by atoms with Crippen molar-refractivity contribution in [3.05, 3.63) is 40.8 Å². The summed E-state index contributed by atoms with van der Waals surface area (Å²) in [6.45, 7) is 4.18. The van der Waals surface area contributed by atoms with Gasteiger partial charge in [-0.05, 0) is 19.9 Å². The highest BCUT2D eigenvalue weighted by atomic mass is 79.9. The van der Waals surface area contributed by atoms with Gasteiger partial charge in [0.15, 0.2) is 11.7 Å². The summed E-state index contributed by atoms with van der Waals surface area (Å²) < 4.78 is 6.65. The van der Waals surface area contributed by atoms with Gasteiger partial charge in [0.2, 0.25) is 5.91 Å².